The van der Waals surface area contributed by atoms with E-state index < -0.39 is 5.60 Å². The van der Waals surface area contributed by atoms with Crippen LogP contribution < -0.4 is 0 Å². The number of methoxy groups -OCH3 is 1. The highest BCUT2D eigenvalue weighted by Gasteiger charge is 2.35. The van der Waals surface area contributed by atoms with Crippen molar-refractivity contribution in [3.8, 4) is 0 Å². The first kappa shape index (κ1) is 21.6. The maximum atomic E-state index is 12.1. The zero-order chi connectivity index (χ0) is 21.2. The Balaban J connectivity index is 1.50. The van der Waals surface area contributed by atoms with E-state index >= 15 is 0 Å². The first-order valence-electron chi connectivity index (χ1n) is 10.4. The van der Waals surface area contributed by atoms with Crippen LogP contribution in [0.25, 0.3) is 0 Å². The van der Waals surface area contributed by atoms with Crippen molar-refractivity contribution in [1.29, 1.82) is 0 Å². The Labute approximate surface area is 173 Å². The molecule has 2 saturated heterocycles. The number of rotatable bonds is 4. The van der Waals surface area contributed by atoms with E-state index in [0.29, 0.717) is 19.0 Å². The van der Waals surface area contributed by atoms with Crippen molar-refractivity contribution >= 4 is 12.1 Å². The van der Waals surface area contributed by atoms with E-state index in [1.165, 1.54) is 18.2 Å². The predicted molar refractivity (Wildman–Crippen MR) is 110 cm³/mol. The minimum absolute atomic E-state index is 0.0271. The molecule has 0 aromatic carbocycles. The highest BCUT2D eigenvalue weighted by molar-refractivity contribution is 5.72. The molecule has 0 saturated carbocycles. The van der Waals surface area contributed by atoms with Crippen LogP contribution in [0.4, 0.5) is 4.79 Å². The number of nitrogens with zero attached hydrogens (tertiary/aromatic N) is 3. The molecule has 2 aliphatic heterocycles. The number of amides is 1. The Bertz CT molecular complexity index is 745. The fourth-order valence-corrected chi connectivity index (χ4v) is 3.88. The van der Waals surface area contributed by atoms with Crippen LogP contribution in [0.2, 0.25) is 0 Å². The lowest BCUT2D eigenvalue weighted by Crippen LogP contribution is -2.50. The lowest BCUT2D eigenvalue weighted by Gasteiger charge is -2.40. The zero-order valence-electron chi connectivity index (χ0n) is 18.2. The molecule has 3 heterocycles. The summed E-state index contributed by atoms with van der Waals surface area (Å²) in [6.07, 6.45) is 3.38. The van der Waals surface area contributed by atoms with Gasteiger partial charge in [0.05, 0.1) is 18.7 Å². The van der Waals surface area contributed by atoms with Crippen molar-refractivity contribution in [2.45, 2.75) is 58.6 Å². The Morgan fingerprint density at radius 2 is 1.86 bits per heavy atom. The number of hydrogen-bond acceptors (Lipinski definition) is 6. The molecule has 1 aromatic heterocycles. The molecule has 7 nitrogen and oxygen atoms in total. The van der Waals surface area contributed by atoms with Crippen LogP contribution >= 0.6 is 0 Å². The van der Waals surface area contributed by atoms with E-state index in [4.69, 9.17) is 14.5 Å². The van der Waals surface area contributed by atoms with Gasteiger partial charge in [0.15, 0.2) is 0 Å². The molecule has 160 valence electrons. The summed E-state index contributed by atoms with van der Waals surface area (Å²) in [4.78, 5) is 32.6. The molecule has 1 amide bonds. The quantitative estimate of drug-likeness (QED) is 0.720. The van der Waals surface area contributed by atoms with Gasteiger partial charge in [0.1, 0.15) is 5.60 Å². The number of carbonyl (C=O) groups excluding carboxylic acids is 2. The number of aromatic nitrogens is 1. The molecule has 1 aromatic rings. The number of esters is 1. The van der Waals surface area contributed by atoms with Gasteiger partial charge in [-0.2, -0.15) is 0 Å². The van der Waals surface area contributed by atoms with E-state index in [0.717, 1.165) is 38.2 Å². The lowest BCUT2D eigenvalue weighted by atomic mass is 9.91. The van der Waals surface area contributed by atoms with Gasteiger partial charge in [-0.25, -0.2) is 4.79 Å². The Morgan fingerprint density at radius 1 is 1.21 bits per heavy atom. The van der Waals surface area contributed by atoms with E-state index in [2.05, 4.69) is 17.9 Å². The molecular weight excluding hydrogens is 370 g/mol. The van der Waals surface area contributed by atoms with Crippen molar-refractivity contribution in [2.75, 3.05) is 33.3 Å². The minimum atomic E-state index is -0.465. The Hall–Kier alpha value is -2.15. The van der Waals surface area contributed by atoms with Crippen LogP contribution in [0, 0.1) is 12.8 Å². The molecule has 0 aliphatic carbocycles. The van der Waals surface area contributed by atoms with Crippen molar-refractivity contribution in [3.63, 3.8) is 0 Å². The molecule has 2 aliphatic rings. The summed E-state index contributed by atoms with van der Waals surface area (Å²) in [6.45, 7) is 11.7. The third-order valence-electron chi connectivity index (χ3n) is 5.71. The van der Waals surface area contributed by atoms with E-state index in [1.807, 2.05) is 27.0 Å². The molecule has 0 unspecified atom stereocenters. The summed E-state index contributed by atoms with van der Waals surface area (Å²) in [6, 6.07) is 2.20. The van der Waals surface area contributed by atoms with Gasteiger partial charge in [0.25, 0.3) is 0 Å². The number of carbonyl (C=O) groups is 2. The first-order valence-corrected chi connectivity index (χ1v) is 10.4. The molecule has 2 fully saturated rings. The number of pyridine rings is 1. The summed E-state index contributed by atoms with van der Waals surface area (Å²) in [5, 5.41) is 0. The minimum Gasteiger partial charge on any atom is -0.469 e. The van der Waals surface area contributed by atoms with E-state index in [-0.39, 0.29) is 18.0 Å². The van der Waals surface area contributed by atoms with Crippen molar-refractivity contribution in [2.24, 2.45) is 5.92 Å². The molecule has 0 N–H and O–H groups in total. The second-order valence-corrected chi connectivity index (χ2v) is 9.19. The van der Waals surface area contributed by atoms with Crippen LogP contribution in [-0.2, 0) is 20.8 Å². The fourth-order valence-electron chi connectivity index (χ4n) is 3.88. The van der Waals surface area contributed by atoms with Crippen LogP contribution in [0.1, 0.15) is 56.4 Å². The molecule has 0 atom stereocenters. The second kappa shape index (κ2) is 8.69. The van der Waals surface area contributed by atoms with Crippen molar-refractivity contribution in [1.82, 2.24) is 14.8 Å². The Morgan fingerprint density at radius 3 is 2.41 bits per heavy atom. The lowest BCUT2D eigenvalue weighted by molar-refractivity contribution is -0.147. The van der Waals surface area contributed by atoms with Crippen molar-refractivity contribution < 1.29 is 19.1 Å². The van der Waals surface area contributed by atoms with Crippen LogP contribution in [0.3, 0.4) is 0 Å². The molecule has 0 spiro atoms. The molecule has 29 heavy (non-hydrogen) atoms. The molecular formula is C22H33N3O4. The van der Waals surface area contributed by atoms with Gasteiger partial charge in [0, 0.05) is 31.7 Å². The molecule has 7 heteroatoms. The largest absolute Gasteiger partial charge is 0.469 e. The summed E-state index contributed by atoms with van der Waals surface area (Å²) >= 11 is 0. The number of ether oxygens (including phenoxy) is 2. The van der Waals surface area contributed by atoms with Gasteiger partial charge in [-0.1, -0.05) is 6.07 Å². The maximum absolute atomic E-state index is 12.1. The third kappa shape index (κ3) is 5.47. The number of likely N-dealkylation sites (tertiary alicyclic amines) is 2. The van der Waals surface area contributed by atoms with Gasteiger partial charge in [-0.3, -0.25) is 14.7 Å². The average Bonchev–Trinajstić information content (AvgIpc) is 2.61. The third-order valence-corrected chi connectivity index (χ3v) is 5.71. The summed E-state index contributed by atoms with van der Waals surface area (Å²) < 4.78 is 10.3. The van der Waals surface area contributed by atoms with Crippen LogP contribution in [0.5, 0.6) is 0 Å². The van der Waals surface area contributed by atoms with Gasteiger partial charge >= 0.3 is 12.1 Å². The molecule has 0 bridgehead atoms. The van der Waals surface area contributed by atoms with Crippen LogP contribution in [0.15, 0.2) is 12.3 Å². The van der Waals surface area contributed by atoms with Gasteiger partial charge < -0.3 is 14.4 Å². The van der Waals surface area contributed by atoms with Crippen molar-refractivity contribution in [3.05, 3.63) is 29.1 Å². The Kier molecular flexibility index (Phi) is 6.46. The highest BCUT2D eigenvalue weighted by atomic mass is 16.6. The maximum Gasteiger partial charge on any atom is 0.410 e. The average molecular weight is 404 g/mol. The standard InChI is InChI=1S/C22H33N3O4/c1-15-10-17(18-12-25(13-18)21(27)29-22(2,3)4)11-23-19(15)14-24-8-6-16(7-9-24)20(26)28-5/h10-11,16,18H,6-9,12-14H2,1-5H3. The van der Waals surface area contributed by atoms with E-state index in [9.17, 15) is 9.59 Å². The smallest absolute Gasteiger partial charge is 0.410 e. The summed E-state index contributed by atoms with van der Waals surface area (Å²) in [5.74, 6) is 0.252. The summed E-state index contributed by atoms with van der Waals surface area (Å²) in [5.41, 5.74) is 2.96. The van der Waals surface area contributed by atoms with E-state index in [1.54, 1.807) is 4.90 Å². The number of hydrogen-bond donors (Lipinski definition) is 0. The van der Waals surface area contributed by atoms with Gasteiger partial charge in [0.2, 0.25) is 0 Å². The molecule has 3 rings (SSSR count). The normalized spacial score (nSPS) is 19.0. The topological polar surface area (TPSA) is 72.0 Å². The van der Waals surface area contributed by atoms with Crippen LogP contribution in [-0.4, -0.2) is 65.7 Å². The second-order valence-electron chi connectivity index (χ2n) is 9.19. The predicted octanol–water partition coefficient (Wildman–Crippen LogP) is 3.11. The van der Waals surface area contributed by atoms with Gasteiger partial charge in [-0.15, -0.1) is 0 Å². The monoisotopic (exact) mass is 403 g/mol. The SMILES string of the molecule is COC(=O)C1CCN(Cc2ncc(C3CN(C(=O)OC(C)(C)C)C3)cc2C)CC1. The number of piperidine rings is 1. The first-order chi connectivity index (χ1) is 13.7. The fraction of sp³-hybridized carbons (Fsp3) is 0.682. The molecule has 0 radical (unpaired) electrons. The number of aryl methyl sites for hydroxylation is 1. The summed E-state index contributed by atoms with van der Waals surface area (Å²) in [7, 11) is 1.46. The van der Waals surface area contributed by atoms with Gasteiger partial charge in [-0.05, 0) is 64.8 Å². The highest BCUT2D eigenvalue weighted by Crippen LogP contribution is 2.29. The zero-order valence-corrected chi connectivity index (χ0v) is 18.2.